The third-order valence-corrected chi connectivity index (χ3v) is 8.28. The third kappa shape index (κ3) is 4.09. The largest absolute Gasteiger partial charge is 0.381 e. The van der Waals surface area contributed by atoms with Gasteiger partial charge in [0, 0.05) is 31.8 Å². The highest BCUT2D eigenvalue weighted by Crippen LogP contribution is 2.41. The molecule has 4 nitrogen and oxygen atoms in total. The van der Waals surface area contributed by atoms with Crippen LogP contribution in [0.15, 0.2) is 24.3 Å². The lowest BCUT2D eigenvalue weighted by Crippen LogP contribution is -2.68. The van der Waals surface area contributed by atoms with Crippen LogP contribution < -0.4 is 5.32 Å². The summed E-state index contributed by atoms with van der Waals surface area (Å²) in [5.74, 6) is 2.14. The molecule has 166 valence electrons. The van der Waals surface area contributed by atoms with Crippen molar-refractivity contribution >= 4 is 0 Å². The average molecular weight is 413 g/mol. The van der Waals surface area contributed by atoms with Gasteiger partial charge in [0.25, 0.3) is 0 Å². The number of likely N-dealkylation sites (tertiary alicyclic amines) is 1. The predicted octanol–water partition coefficient (Wildman–Crippen LogP) is 4.31. The summed E-state index contributed by atoms with van der Waals surface area (Å²) in [5.41, 5.74) is 3.37. The molecule has 4 fully saturated rings. The number of nitrogens with one attached hydrogen (secondary N) is 1. The predicted molar refractivity (Wildman–Crippen MR) is 121 cm³/mol. The normalized spacial score (nSPS) is 34.0. The Hall–Kier alpha value is -0.940. The SMILES string of the molecule is CC(C)CC1NCC12C[C@H](N1CCC(c3ccccc3C3CCOCC3)CC1)CO2. The Labute approximate surface area is 182 Å². The number of hydrogen-bond donors (Lipinski definition) is 1. The summed E-state index contributed by atoms with van der Waals surface area (Å²) < 4.78 is 12.1. The minimum atomic E-state index is 0.126. The molecule has 30 heavy (non-hydrogen) atoms. The monoisotopic (exact) mass is 412 g/mol. The van der Waals surface area contributed by atoms with Crippen LogP contribution in [0.4, 0.5) is 0 Å². The van der Waals surface area contributed by atoms with E-state index in [1.54, 1.807) is 11.1 Å². The van der Waals surface area contributed by atoms with Gasteiger partial charge in [-0.05, 0) is 80.5 Å². The molecule has 0 aliphatic carbocycles. The fourth-order valence-electron chi connectivity index (χ4n) is 6.46. The molecule has 4 aliphatic heterocycles. The fraction of sp³-hybridized carbons (Fsp3) is 0.769. The maximum absolute atomic E-state index is 6.45. The smallest absolute Gasteiger partial charge is 0.0974 e. The molecule has 3 atom stereocenters. The second-order valence-corrected chi connectivity index (χ2v) is 10.6. The Kier molecular flexibility index (Phi) is 6.21. The van der Waals surface area contributed by atoms with Gasteiger partial charge < -0.3 is 14.8 Å². The van der Waals surface area contributed by atoms with Gasteiger partial charge in [-0.25, -0.2) is 0 Å². The minimum absolute atomic E-state index is 0.126. The van der Waals surface area contributed by atoms with E-state index in [-0.39, 0.29) is 5.60 Å². The summed E-state index contributed by atoms with van der Waals surface area (Å²) in [6.07, 6.45) is 7.40. The van der Waals surface area contributed by atoms with E-state index in [0.717, 1.165) is 38.2 Å². The minimum Gasteiger partial charge on any atom is -0.381 e. The molecule has 0 aromatic heterocycles. The zero-order valence-corrected chi connectivity index (χ0v) is 18.9. The van der Waals surface area contributed by atoms with Gasteiger partial charge in [-0.15, -0.1) is 0 Å². The molecule has 0 bridgehead atoms. The standard InChI is InChI=1S/C26H40N2O2/c1-19(2)15-25-26(18-27-25)16-22(17-30-26)28-11-7-20(8-12-28)23-5-3-4-6-24(23)21-9-13-29-14-10-21/h3-6,19-22,25,27H,7-18H2,1-2H3/t22-,25?,26?/m0/s1. The lowest BCUT2D eigenvalue weighted by molar-refractivity contribution is -0.0826. The van der Waals surface area contributed by atoms with E-state index in [1.807, 2.05) is 0 Å². The molecule has 4 saturated heterocycles. The van der Waals surface area contributed by atoms with Crippen LogP contribution in [0, 0.1) is 5.92 Å². The summed E-state index contributed by atoms with van der Waals surface area (Å²) in [6, 6.07) is 10.5. The summed E-state index contributed by atoms with van der Waals surface area (Å²) >= 11 is 0. The van der Waals surface area contributed by atoms with E-state index in [9.17, 15) is 0 Å². The van der Waals surface area contributed by atoms with Gasteiger partial charge in [0.15, 0.2) is 0 Å². The van der Waals surface area contributed by atoms with Crippen molar-refractivity contribution in [3.8, 4) is 0 Å². The van der Waals surface area contributed by atoms with Crippen LogP contribution in [0.25, 0.3) is 0 Å². The molecule has 1 spiro atoms. The van der Waals surface area contributed by atoms with Crippen molar-refractivity contribution in [3.05, 3.63) is 35.4 Å². The molecule has 4 heterocycles. The second kappa shape index (κ2) is 8.90. The highest BCUT2D eigenvalue weighted by Gasteiger charge is 2.53. The molecule has 4 heteroatoms. The second-order valence-electron chi connectivity index (χ2n) is 10.6. The van der Waals surface area contributed by atoms with Crippen molar-refractivity contribution in [1.29, 1.82) is 0 Å². The van der Waals surface area contributed by atoms with Crippen molar-refractivity contribution in [2.45, 2.75) is 81.9 Å². The van der Waals surface area contributed by atoms with Gasteiger partial charge in [0.1, 0.15) is 0 Å². The van der Waals surface area contributed by atoms with Crippen molar-refractivity contribution in [3.63, 3.8) is 0 Å². The molecule has 1 N–H and O–H groups in total. The number of benzene rings is 1. The highest BCUT2D eigenvalue weighted by atomic mass is 16.5. The van der Waals surface area contributed by atoms with Gasteiger partial charge >= 0.3 is 0 Å². The number of ether oxygens (including phenoxy) is 2. The summed E-state index contributed by atoms with van der Waals surface area (Å²) in [6.45, 7) is 10.9. The molecule has 0 amide bonds. The van der Waals surface area contributed by atoms with Gasteiger partial charge in [0.05, 0.1) is 12.2 Å². The molecular formula is C26H40N2O2. The Bertz CT molecular complexity index is 709. The van der Waals surface area contributed by atoms with Crippen LogP contribution in [0.5, 0.6) is 0 Å². The maximum atomic E-state index is 6.45. The summed E-state index contributed by atoms with van der Waals surface area (Å²) in [7, 11) is 0. The van der Waals surface area contributed by atoms with E-state index in [4.69, 9.17) is 9.47 Å². The van der Waals surface area contributed by atoms with Gasteiger partial charge in [-0.1, -0.05) is 38.1 Å². The van der Waals surface area contributed by atoms with E-state index in [2.05, 4.69) is 48.3 Å². The van der Waals surface area contributed by atoms with Crippen molar-refractivity contribution in [2.75, 3.05) is 39.5 Å². The van der Waals surface area contributed by atoms with Crippen LogP contribution in [-0.4, -0.2) is 62.0 Å². The number of hydrogen-bond acceptors (Lipinski definition) is 4. The summed E-state index contributed by atoms with van der Waals surface area (Å²) in [4.78, 5) is 2.74. The number of piperidine rings is 1. The summed E-state index contributed by atoms with van der Waals surface area (Å²) in [5, 5.41) is 3.65. The van der Waals surface area contributed by atoms with Gasteiger partial charge in [-0.2, -0.15) is 0 Å². The number of nitrogens with zero attached hydrogens (tertiary/aromatic N) is 1. The van der Waals surface area contributed by atoms with Crippen LogP contribution >= 0.6 is 0 Å². The topological polar surface area (TPSA) is 33.7 Å². The quantitative estimate of drug-likeness (QED) is 0.782. The molecule has 1 aromatic rings. The lowest BCUT2D eigenvalue weighted by atomic mass is 9.77. The van der Waals surface area contributed by atoms with Gasteiger partial charge in [0.2, 0.25) is 0 Å². The molecule has 4 aliphatic rings. The molecule has 0 radical (unpaired) electrons. The molecule has 0 saturated carbocycles. The maximum Gasteiger partial charge on any atom is 0.0974 e. The Balaban J connectivity index is 1.19. The first-order chi connectivity index (χ1) is 14.6. The molecular weight excluding hydrogens is 372 g/mol. The molecule has 1 aromatic carbocycles. The zero-order valence-electron chi connectivity index (χ0n) is 18.9. The average Bonchev–Trinajstić information content (AvgIpc) is 3.26. The molecule has 2 unspecified atom stereocenters. The van der Waals surface area contributed by atoms with E-state index < -0.39 is 0 Å². The van der Waals surface area contributed by atoms with Crippen LogP contribution in [0.3, 0.4) is 0 Å². The first kappa shape index (κ1) is 20.9. The fourth-order valence-corrected chi connectivity index (χ4v) is 6.46. The Morgan fingerprint density at radius 2 is 1.70 bits per heavy atom. The first-order valence-corrected chi connectivity index (χ1v) is 12.4. The van der Waals surface area contributed by atoms with Crippen molar-refractivity contribution in [2.24, 2.45) is 5.92 Å². The van der Waals surface area contributed by atoms with Crippen LogP contribution in [-0.2, 0) is 9.47 Å². The van der Waals surface area contributed by atoms with Crippen molar-refractivity contribution in [1.82, 2.24) is 10.2 Å². The number of rotatable bonds is 5. The van der Waals surface area contributed by atoms with E-state index in [1.165, 1.54) is 51.6 Å². The first-order valence-electron chi connectivity index (χ1n) is 12.4. The van der Waals surface area contributed by atoms with E-state index in [0.29, 0.717) is 18.0 Å². The molecule has 5 rings (SSSR count). The van der Waals surface area contributed by atoms with Crippen LogP contribution in [0.2, 0.25) is 0 Å². The van der Waals surface area contributed by atoms with E-state index >= 15 is 0 Å². The zero-order chi connectivity index (χ0) is 20.6. The highest BCUT2D eigenvalue weighted by molar-refractivity contribution is 5.34. The lowest BCUT2D eigenvalue weighted by Gasteiger charge is -2.48. The Morgan fingerprint density at radius 1 is 1.03 bits per heavy atom. The van der Waals surface area contributed by atoms with Crippen LogP contribution in [0.1, 0.15) is 75.3 Å². The Morgan fingerprint density at radius 3 is 2.30 bits per heavy atom. The van der Waals surface area contributed by atoms with Gasteiger partial charge in [-0.3, -0.25) is 4.90 Å². The van der Waals surface area contributed by atoms with Crippen molar-refractivity contribution < 1.29 is 9.47 Å². The third-order valence-electron chi connectivity index (χ3n) is 8.28.